The monoisotopic (exact) mass is 359 g/mol. The van der Waals surface area contributed by atoms with E-state index in [4.69, 9.17) is 16.3 Å². The van der Waals surface area contributed by atoms with Crippen molar-refractivity contribution in [3.8, 4) is 11.8 Å². The van der Waals surface area contributed by atoms with E-state index in [-0.39, 0.29) is 12.4 Å². The molecule has 24 heavy (non-hydrogen) atoms. The molecule has 122 valence electrons. The maximum Gasteiger partial charge on any atom is 0.119 e. The van der Waals surface area contributed by atoms with Gasteiger partial charge in [-0.3, -0.25) is 4.98 Å². The molecule has 0 aliphatic carbocycles. The Morgan fingerprint density at radius 2 is 2.00 bits per heavy atom. The normalized spacial score (nSPS) is 9.92. The van der Waals surface area contributed by atoms with Gasteiger partial charge in [0.05, 0.1) is 23.9 Å². The fraction of sp³-hybridized carbons (Fsp3) is 0.111. The van der Waals surface area contributed by atoms with Crippen LogP contribution in [0.1, 0.15) is 11.1 Å². The first-order valence-electron chi connectivity index (χ1n) is 7.02. The van der Waals surface area contributed by atoms with Crippen LogP contribution < -0.4 is 10.1 Å². The van der Waals surface area contributed by atoms with Crippen LogP contribution in [0.15, 0.2) is 42.6 Å². The minimum Gasteiger partial charge on any atom is -0.497 e. The smallest absolute Gasteiger partial charge is 0.119 e. The third-order valence-electron chi connectivity index (χ3n) is 3.64. The number of halogens is 2. The number of methoxy groups -OCH3 is 1. The summed E-state index contributed by atoms with van der Waals surface area (Å²) in [5.74, 6) is 0.708. The molecule has 3 rings (SSSR count). The molecule has 1 heterocycles. The number of nitrogens with zero attached hydrogens (tertiary/aromatic N) is 2. The fourth-order valence-electron chi connectivity index (χ4n) is 2.33. The Hall–Kier alpha value is -2.48. The van der Waals surface area contributed by atoms with Gasteiger partial charge in [-0.05, 0) is 42.8 Å². The zero-order valence-electron chi connectivity index (χ0n) is 13.1. The minimum atomic E-state index is 0. The molecule has 0 bridgehead atoms. The molecule has 0 unspecified atom stereocenters. The van der Waals surface area contributed by atoms with Gasteiger partial charge in [0.1, 0.15) is 11.8 Å². The van der Waals surface area contributed by atoms with Crippen LogP contribution in [0.2, 0.25) is 5.02 Å². The highest BCUT2D eigenvalue weighted by atomic mass is 35.5. The van der Waals surface area contributed by atoms with E-state index in [1.165, 1.54) is 0 Å². The molecule has 3 aromatic rings. The fourth-order valence-corrected chi connectivity index (χ4v) is 2.51. The number of hydrogen-bond donors (Lipinski definition) is 1. The van der Waals surface area contributed by atoms with Gasteiger partial charge in [-0.1, -0.05) is 17.7 Å². The van der Waals surface area contributed by atoms with E-state index in [0.29, 0.717) is 22.0 Å². The summed E-state index contributed by atoms with van der Waals surface area (Å²) in [4.78, 5) is 4.32. The van der Waals surface area contributed by atoms with Crippen LogP contribution >= 0.6 is 24.0 Å². The Morgan fingerprint density at radius 1 is 1.21 bits per heavy atom. The standard InChI is InChI=1S/C18H14ClN3O.ClH/c1-11-3-4-13(7-16(11)19)22-18-12(9-20)10-21-17-6-5-14(23-2)8-15(17)18;/h3-8,10H,1-2H3,(H,21,22);1H. The summed E-state index contributed by atoms with van der Waals surface area (Å²) in [6.07, 6.45) is 1.56. The van der Waals surface area contributed by atoms with Gasteiger partial charge < -0.3 is 10.1 Å². The third kappa shape index (κ3) is 3.38. The van der Waals surface area contributed by atoms with E-state index in [0.717, 1.165) is 22.2 Å². The van der Waals surface area contributed by atoms with Crippen molar-refractivity contribution in [1.82, 2.24) is 4.98 Å². The molecular formula is C18H15Cl2N3O. The summed E-state index contributed by atoms with van der Waals surface area (Å²) in [5, 5.41) is 14.2. The topological polar surface area (TPSA) is 57.9 Å². The average Bonchev–Trinajstić information content (AvgIpc) is 2.58. The SMILES string of the molecule is COc1ccc2ncc(C#N)c(Nc3ccc(C)c(Cl)c3)c2c1.Cl. The number of ether oxygens (including phenoxy) is 1. The summed E-state index contributed by atoms with van der Waals surface area (Å²) in [7, 11) is 1.61. The largest absolute Gasteiger partial charge is 0.497 e. The van der Waals surface area contributed by atoms with Gasteiger partial charge in [-0.2, -0.15) is 5.26 Å². The Kier molecular flexibility index (Phi) is 5.50. The predicted octanol–water partition coefficient (Wildman–Crippen LogP) is 5.24. The van der Waals surface area contributed by atoms with Gasteiger partial charge in [0, 0.05) is 22.3 Å². The number of benzene rings is 2. The van der Waals surface area contributed by atoms with Crippen molar-refractivity contribution in [3.63, 3.8) is 0 Å². The highest BCUT2D eigenvalue weighted by Gasteiger charge is 2.11. The summed E-state index contributed by atoms with van der Waals surface area (Å²) >= 11 is 6.18. The first-order chi connectivity index (χ1) is 11.1. The van der Waals surface area contributed by atoms with E-state index in [1.807, 2.05) is 43.3 Å². The molecule has 1 N–H and O–H groups in total. The maximum absolute atomic E-state index is 9.39. The maximum atomic E-state index is 9.39. The van der Waals surface area contributed by atoms with Crippen molar-refractivity contribution < 1.29 is 4.74 Å². The summed E-state index contributed by atoms with van der Waals surface area (Å²) in [6.45, 7) is 1.94. The highest BCUT2D eigenvalue weighted by Crippen LogP contribution is 2.32. The van der Waals surface area contributed by atoms with Crippen molar-refractivity contribution >= 4 is 46.3 Å². The van der Waals surface area contributed by atoms with Crippen LogP contribution in [0.4, 0.5) is 11.4 Å². The minimum absolute atomic E-state index is 0. The Labute approximate surface area is 151 Å². The lowest BCUT2D eigenvalue weighted by Crippen LogP contribution is -1.97. The molecule has 0 spiro atoms. The Morgan fingerprint density at radius 3 is 2.67 bits per heavy atom. The second kappa shape index (κ2) is 7.39. The van der Waals surface area contributed by atoms with Crippen LogP contribution in [-0.2, 0) is 0 Å². The Bertz CT molecular complexity index is 935. The predicted molar refractivity (Wildman–Crippen MR) is 99.7 cm³/mol. The molecule has 6 heteroatoms. The van der Waals surface area contributed by atoms with Crippen LogP contribution in [0.5, 0.6) is 5.75 Å². The van der Waals surface area contributed by atoms with Gasteiger partial charge >= 0.3 is 0 Å². The molecule has 2 aromatic carbocycles. The third-order valence-corrected chi connectivity index (χ3v) is 4.04. The Balaban J connectivity index is 0.00000208. The van der Waals surface area contributed by atoms with E-state index < -0.39 is 0 Å². The molecular weight excluding hydrogens is 345 g/mol. The number of hydrogen-bond acceptors (Lipinski definition) is 4. The van der Waals surface area contributed by atoms with Crippen molar-refractivity contribution in [2.24, 2.45) is 0 Å². The molecule has 4 nitrogen and oxygen atoms in total. The van der Waals surface area contributed by atoms with Gasteiger partial charge in [0.25, 0.3) is 0 Å². The molecule has 1 aromatic heterocycles. The van der Waals surface area contributed by atoms with Gasteiger partial charge in [0.2, 0.25) is 0 Å². The first-order valence-corrected chi connectivity index (χ1v) is 7.40. The number of rotatable bonds is 3. The summed E-state index contributed by atoms with van der Waals surface area (Å²) in [5.41, 5.74) is 3.75. The molecule has 0 atom stereocenters. The van der Waals surface area contributed by atoms with Crippen molar-refractivity contribution in [1.29, 1.82) is 5.26 Å². The van der Waals surface area contributed by atoms with Gasteiger partial charge in [0.15, 0.2) is 0 Å². The van der Waals surface area contributed by atoms with E-state index >= 15 is 0 Å². The van der Waals surface area contributed by atoms with Crippen LogP contribution in [-0.4, -0.2) is 12.1 Å². The van der Waals surface area contributed by atoms with E-state index in [1.54, 1.807) is 13.3 Å². The van der Waals surface area contributed by atoms with Crippen LogP contribution in [0, 0.1) is 18.3 Å². The number of nitrogens with one attached hydrogen (secondary N) is 1. The number of pyridine rings is 1. The average molecular weight is 360 g/mol. The van der Waals surface area contributed by atoms with E-state index in [2.05, 4.69) is 16.4 Å². The van der Waals surface area contributed by atoms with E-state index in [9.17, 15) is 5.26 Å². The zero-order chi connectivity index (χ0) is 16.4. The van der Waals surface area contributed by atoms with Gasteiger partial charge in [-0.15, -0.1) is 12.4 Å². The first kappa shape index (κ1) is 17.9. The molecule has 0 aliphatic rings. The molecule has 0 aliphatic heterocycles. The number of aromatic nitrogens is 1. The van der Waals surface area contributed by atoms with Crippen LogP contribution in [0.3, 0.4) is 0 Å². The lowest BCUT2D eigenvalue weighted by molar-refractivity contribution is 0.415. The van der Waals surface area contributed by atoms with Crippen molar-refractivity contribution in [2.45, 2.75) is 6.92 Å². The summed E-state index contributed by atoms with van der Waals surface area (Å²) in [6, 6.07) is 13.4. The lowest BCUT2D eigenvalue weighted by Gasteiger charge is -2.13. The number of nitriles is 1. The zero-order valence-corrected chi connectivity index (χ0v) is 14.7. The number of aryl methyl sites for hydroxylation is 1. The quantitative estimate of drug-likeness (QED) is 0.694. The highest BCUT2D eigenvalue weighted by molar-refractivity contribution is 6.31. The number of fused-ring (bicyclic) bond motifs is 1. The second-order valence-corrected chi connectivity index (χ2v) is 5.54. The van der Waals surface area contributed by atoms with Gasteiger partial charge in [-0.25, -0.2) is 0 Å². The molecule has 0 radical (unpaired) electrons. The lowest BCUT2D eigenvalue weighted by atomic mass is 10.1. The molecule has 0 saturated heterocycles. The van der Waals surface area contributed by atoms with Crippen molar-refractivity contribution in [3.05, 3.63) is 58.7 Å². The summed E-state index contributed by atoms with van der Waals surface area (Å²) < 4.78 is 5.28. The molecule has 0 amide bonds. The second-order valence-electron chi connectivity index (χ2n) is 5.13. The van der Waals surface area contributed by atoms with Crippen LogP contribution in [0.25, 0.3) is 10.9 Å². The van der Waals surface area contributed by atoms with Crippen molar-refractivity contribution in [2.75, 3.05) is 12.4 Å². The molecule has 0 fully saturated rings. The number of anilines is 2. The molecule has 0 saturated carbocycles.